The zero-order chi connectivity index (χ0) is 11.8. The average molecular weight is 222 g/mol. The molecular weight excluding hydrogens is 203 g/mol. The second-order valence-electron chi connectivity index (χ2n) is 5.68. The van der Waals surface area contributed by atoms with E-state index in [4.69, 9.17) is 0 Å². The Hall–Kier alpha value is -0.890. The average Bonchev–Trinajstić information content (AvgIpc) is 2.24. The molecule has 16 heavy (non-hydrogen) atoms. The van der Waals surface area contributed by atoms with Crippen LogP contribution in [-0.2, 0) is 5.60 Å². The van der Waals surface area contributed by atoms with Gasteiger partial charge >= 0.3 is 0 Å². The zero-order valence-electron chi connectivity index (χ0n) is 9.96. The topological polar surface area (TPSA) is 20.2 Å². The van der Waals surface area contributed by atoms with Crippen molar-refractivity contribution in [2.45, 2.75) is 45.1 Å². The van der Waals surface area contributed by atoms with E-state index in [2.05, 4.69) is 13.8 Å². The molecule has 2 heteroatoms. The smallest absolute Gasteiger partial charge is 0.129 e. The highest BCUT2D eigenvalue weighted by atomic mass is 19.1. The second kappa shape index (κ2) is 3.85. The number of hydrogen-bond donors (Lipinski definition) is 1. The monoisotopic (exact) mass is 222 g/mol. The van der Waals surface area contributed by atoms with Gasteiger partial charge in [-0.3, -0.25) is 0 Å². The molecule has 1 nitrogen and oxygen atoms in total. The van der Waals surface area contributed by atoms with Gasteiger partial charge in [0.1, 0.15) is 5.82 Å². The van der Waals surface area contributed by atoms with Gasteiger partial charge in [0.05, 0.1) is 5.60 Å². The predicted molar refractivity (Wildman–Crippen MR) is 62.5 cm³/mol. The van der Waals surface area contributed by atoms with Gasteiger partial charge in [-0.2, -0.15) is 0 Å². The van der Waals surface area contributed by atoms with Crippen molar-refractivity contribution in [2.75, 3.05) is 0 Å². The Morgan fingerprint density at radius 2 is 1.62 bits per heavy atom. The normalized spacial score (nSPS) is 23.0. The third kappa shape index (κ3) is 2.12. The van der Waals surface area contributed by atoms with E-state index < -0.39 is 5.60 Å². The quantitative estimate of drug-likeness (QED) is 0.769. The minimum Gasteiger partial charge on any atom is -0.385 e. The van der Waals surface area contributed by atoms with Crippen molar-refractivity contribution in [1.29, 1.82) is 0 Å². The van der Waals surface area contributed by atoms with E-state index in [1.807, 2.05) is 0 Å². The SMILES string of the molecule is CC1(C)CCC(O)(c2ccccc2F)CC1. The summed E-state index contributed by atoms with van der Waals surface area (Å²) in [7, 11) is 0. The Kier molecular flexibility index (Phi) is 2.79. The second-order valence-corrected chi connectivity index (χ2v) is 5.68. The first kappa shape index (κ1) is 11.6. The molecule has 1 aliphatic carbocycles. The van der Waals surface area contributed by atoms with Crippen molar-refractivity contribution in [2.24, 2.45) is 5.41 Å². The van der Waals surface area contributed by atoms with Crippen LogP contribution in [0.15, 0.2) is 24.3 Å². The van der Waals surface area contributed by atoms with E-state index in [1.165, 1.54) is 6.07 Å². The molecule has 0 spiro atoms. The Bertz CT molecular complexity index is 374. The van der Waals surface area contributed by atoms with Crippen LogP contribution >= 0.6 is 0 Å². The molecule has 1 fully saturated rings. The van der Waals surface area contributed by atoms with E-state index >= 15 is 0 Å². The van der Waals surface area contributed by atoms with Crippen molar-refractivity contribution in [3.63, 3.8) is 0 Å². The summed E-state index contributed by atoms with van der Waals surface area (Å²) in [4.78, 5) is 0. The van der Waals surface area contributed by atoms with Crippen LogP contribution in [0.3, 0.4) is 0 Å². The molecule has 1 N–H and O–H groups in total. The number of aliphatic hydroxyl groups is 1. The van der Waals surface area contributed by atoms with Crippen LogP contribution in [0.2, 0.25) is 0 Å². The maximum atomic E-state index is 13.7. The van der Waals surface area contributed by atoms with Crippen LogP contribution in [0, 0.1) is 11.2 Å². The third-order valence-electron chi connectivity index (χ3n) is 3.81. The Labute approximate surface area is 96.3 Å². The third-order valence-corrected chi connectivity index (χ3v) is 3.81. The largest absolute Gasteiger partial charge is 0.385 e. The number of hydrogen-bond acceptors (Lipinski definition) is 1. The minimum atomic E-state index is -0.957. The van der Waals surface area contributed by atoms with Gasteiger partial charge in [0, 0.05) is 5.56 Å². The molecular formula is C14H19FO. The molecule has 1 aliphatic rings. The van der Waals surface area contributed by atoms with Gasteiger partial charge in [-0.1, -0.05) is 32.0 Å². The lowest BCUT2D eigenvalue weighted by Crippen LogP contribution is -2.35. The van der Waals surface area contributed by atoms with Gasteiger partial charge in [-0.25, -0.2) is 4.39 Å². The Morgan fingerprint density at radius 1 is 1.06 bits per heavy atom. The summed E-state index contributed by atoms with van der Waals surface area (Å²) in [6.07, 6.45) is 3.19. The van der Waals surface area contributed by atoms with Gasteiger partial charge in [0.25, 0.3) is 0 Å². The van der Waals surface area contributed by atoms with Crippen LogP contribution in [0.25, 0.3) is 0 Å². The summed E-state index contributed by atoms with van der Waals surface area (Å²) in [6.45, 7) is 4.40. The van der Waals surface area contributed by atoms with Crippen LogP contribution in [0.1, 0.15) is 45.1 Å². The fourth-order valence-corrected chi connectivity index (χ4v) is 2.45. The Morgan fingerprint density at radius 3 is 2.19 bits per heavy atom. The van der Waals surface area contributed by atoms with E-state index in [0.29, 0.717) is 18.4 Å². The van der Waals surface area contributed by atoms with E-state index in [-0.39, 0.29) is 11.2 Å². The summed E-state index contributed by atoms with van der Waals surface area (Å²) in [5.41, 5.74) is -0.219. The van der Waals surface area contributed by atoms with Crippen molar-refractivity contribution >= 4 is 0 Å². The molecule has 0 aromatic heterocycles. The first-order valence-corrected chi connectivity index (χ1v) is 5.90. The summed E-state index contributed by atoms with van der Waals surface area (Å²) < 4.78 is 13.7. The van der Waals surface area contributed by atoms with Gasteiger partial charge in [0.15, 0.2) is 0 Å². The zero-order valence-corrected chi connectivity index (χ0v) is 9.96. The number of halogens is 1. The highest BCUT2D eigenvalue weighted by Crippen LogP contribution is 2.45. The lowest BCUT2D eigenvalue weighted by Gasteiger charge is -2.40. The van der Waals surface area contributed by atoms with Gasteiger partial charge in [-0.15, -0.1) is 0 Å². The minimum absolute atomic E-state index is 0.275. The van der Waals surface area contributed by atoms with Crippen LogP contribution in [0.4, 0.5) is 4.39 Å². The molecule has 0 atom stereocenters. The fraction of sp³-hybridized carbons (Fsp3) is 0.571. The lowest BCUT2D eigenvalue weighted by atomic mass is 9.69. The molecule has 0 aliphatic heterocycles. The fourth-order valence-electron chi connectivity index (χ4n) is 2.45. The van der Waals surface area contributed by atoms with Crippen molar-refractivity contribution in [3.05, 3.63) is 35.6 Å². The van der Waals surface area contributed by atoms with Gasteiger partial charge < -0.3 is 5.11 Å². The van der Waals surface area contributed by atoms with E-state index in [0.717, 1.165) is 12.8 Å². The summed E-state index contributed by atoms with van der Waals surface area (Å²) in [6, 6.07) is 6.58. The van der Waals surface area contributed by atoms with Crippen molar-refractivity contribution in [1.82, 2.24) is 0 Å². The molecule has 2 rings (SSSR count). The van der Waals surface area contributed by atoms with Crippen LogP contribution < -0.4 is 0 Å². The molecule has 88 valence electrons. The van der Waals surface area contributed by atoms with E-state index in [1.54, 1.807) is 18.2 Å². The van der Waals surface area contributed by atoms with E-state index in [9.17, 15) is 9.50 Å². The maximum Gasteiger partial charge on any atom is 0.129 e. The summed E-state index contributed by atoms with van der Waals surface area (Å²) in [5.74, 6) is -0.287. The molecule has 0 radical (unpaired) electrons. The summed E-state index contributed by atoms with van der Waals surface area (Å²) >= 11 is 0. The van der Waals surface area contributed by atoms with Gasteiger partial charge in [0.2, 0.25) is 0 Å². The molecule has 1 saturated carbocycles. The van der Waals surface area contributed by atoms with Crippen LogP contribution in [0.5, 0.6) is 0 Å². The Balaban J connectivity index is 2.25. The van der Waals surface area contributed by atoms with Gasteiger partial charge in [-0.05, 0) is 37.2 Å². The van der Waals surface area contributed by atoms with Crippen molar-refractivity contribution < 1.29 is 9.50 Å². The molecule has 0 bridgehead atoms. The molecule has 0 heterocycles. The predicted octanol–water partition coefficient (Wildman–Crippen LogP) is 3.61. The summed E-state index contributed by atoms with van der Waals surface area (Å²) in [5, 5.41) is 10.5. The number of rotatable bonds is 1. The first-order chi connectivity index (χ1) is 7.43. The highest BCUT2D eigenvalue weighted by Gasteiger charge is 2.39. The molecule has 0 amide bonds. The van der Waals surface area contributed by atoms with Crippen LogP contribution in [-0.4, -0.2) is 5.11 Å². The molecule has 0 unspecified atom stereocenters. The molecule has 1 aromatic carbocycles. The van der Waals surface area contributed by atoms with Crippen molar-refractivity contribution in [3.8, 4) is 0 Å². The number of benzene rings is 1. The molecule has 0 saturated heterocycles. The standard InChI is InChI=1S/C14H19FO/c1-13(2)7-9-14(16,10-8-13)11-5-3-4-6-12(11)15/h3-6,16H,7-10H2,1-2H3. The highest BCUT2D eigenvalue weighted by molar-refractivity contribution is 5.25. The maximum absolute atomic E-state index is 13.7. The first-order valence-electron chi connectivity index (χ1n) is 5.90. The molecule has 1 aromatic rings. The lowest BCUT2D eigenvalue weighted by molar-refractivity contribution is -0.0331.